The Bertz CT molecular complexity index is 382. The maximum absolute atomic E-state index is 12.1. The average Bonchev–Trinajstić information content (AvgIpc) is 2.81. The van der Waals surface area contributed by atoms with E-state index in [9.17, 15) is 14.7 Å². The molecule has 0 aromatic carbocycles. The molecular formula is C14H27N3O3. The Labute approximate surface area is 121 Å². The van der Waals surface area contributed by atoms with E-state index in [0.29, 0.717) is 32.5 Å². The first-order valence-electron chi connectivity index (χ1n) is 7.08. The first kappa shape index (κ1) is 16.8. The Morgan fingerprint density at radius 3 is 2.40 bits per heavy atom. The van der Waals surface area contributed by atoms with Gasteiger partial charge in [0.2, 0.25) is 0 Å². The molecule has 2 N–H and O–H groups in total. The molecule has 0 bridgehead atoms. The van der Waals surface area contributed by atoms with Gasteiger partial charge in [-0.3, -0.25) is 4.79 Å². The molecule has 0 aromatic rings. The topological polar surface area (TPSA) is 72.9 Å². The lowest BCUT2D eigenvalue weighted by Crippen LogP contribution is -2.51. The number of hydrogen-bond acceptors (Lipinski definition) is 3. The number of likely N-dealkylation sites (N-methyl/N-ethyl adjacent to an activating group) is 1. The lowest BCUT2D eigenvalue weighted by atomic mass is 9.84. The van der Waals surface area contributed by atoms with Crippen molar-refractivity contribution in [1.82, 2.24) is 15.1 Å². The van der Waals surface area contributed by atoms with Crippen LogP contribution in [-0.4, -0.2) is 66.2 Å². The van der Waals surface area contributed by atoms with Gasteiger partial charge in [0.25, 0.3) is 0 Å². The lowest BCUT2D eigenvalue weighted by Gasteiger charge is -2.33. The molecule has 0 aliphatic carbocycles. The Morgan fingerprint density at radius 2 is 2.00 bits per heavy atom. The summed E-state index contributed by atoms with van der Waals surface area (Å²) in [5.74, 6) is -0.802. The number of hydrogen-bond donors (Lipinski definition) is 2. The molecule has 1 fully saturated rings. The minimum Gasteiger partial charge on any atom is -0.481 e. The van der Waals surface area contributed by atoms with Crippen molar-refractivity contribution in [1.29, 1.82) is 0 Å². The highest BCUT2D eigenvalue weighted by Gasteiger charge is 2.44. The Balaban J connectivity index is 2.57. The van der Waals surface area contributed by atoms with Gasteiger partial charge in [-0.15, -0.1) is 0 Å². The minimum atomic E-state index is -0.802. The van der Waals surface area contributed by atoms with E-state index in [0.717, 1.165) is 0 Å². The largest absolute Gasteiger partial charge is 0.481 e. The third-order valence-electron chi connectivity index (χ3n) is 4.65. The van der Waals surface area contributed by atoms with Crippen LogP contribution < -0.4 is 5.32 Å². The van der Waals surface area contributed by atoms with Crippen molar-refractivity contribution in [3.05, 3.63) is 0 Å². The van der Waals surface area contributed by atoms with E-state index in [1.165, 1.54) is 0 Å². The van der Waals surface area contributed by atoms with Gasteiger partial charge in [-0.05, 0) is 40.8 Å². The van der Waals surface area contributed by atoms with Crippen LogP contribution in [0.25, 0.3) is 0 Å². The van der Waals surface area contributed by atoms with Crippen molar-refractivity contribution in [3.63, 3.8) is 0 Å². The second-order valence-electron chi connectivity index (χ2n) is 6.48. The number of likely N-dealkylation sites (tertiary alicyclic amines) is 1. The van der Waals surface area contributed by atoms with Crippen LogP contribution in [0.3, 0.4) is 0 Å². The van der Waals surface area contributed by atoms with Gasteiger partial charge in [0.15, 0.2) is 0 Å². The highest BCUT2D eigenvalue weighted by atomic mass is 16.4. The third-order valence-corrected chi connectivity index (χ3v) is 4.65. The van der Waals surface area contributed by atoms with E-state index in [-0.39, 0.29) is 11.6 Å². The van der Waals surface area contributed by atoms with Gasteiger partial charge in [-0.1, -0.05) is 6.92 Å². The normalized spacial score (nSPS) is 23.2. The van der Waals surface area contributed by atoms with Crippen LogP contribution in [-0.2, 0) is 4.79 Å². The molecule has 20 heavy (non-hydrogen) atoms. The highest BCUT2D eigenvalue weighted by molar-refractivity contribution is 5.79. The van der Waals surface area contributed by atoms with E-state index in [1.807, 2.05) is 39.8 Å². The molecule has 2 amide bonds. The van der Waals surface area contributed by atoms with Gasteiger partial charge in [-0.25, -0.2) is 4.79 Å². The number of rotatable bonds is 5. The van der Waals surface area contributed by atoms with Gasteiger partial charge in [0, 0.05) is 25.2 Å². The number of carboxylic acid groups (broad SMARTS) is 1. The number of nitrogens with one attached hydrogen (secondary N) is 1. The maximum atomic E-state index is 12.1. The Hall–Kier alpha value is -1.30. The van der Waals surface area contributed by atoms with E-state index < -0.39 is 11.4 Å². The number of nitrogens with zero attached hydrogens (tertiary/aromatic N) is 2. The molecule has 0 radical (unpaired) electrons. The molecule has 1 aliphatic heterocycles. The van der Waals surface area contributed by atoms with Crippen LogP contribution in [0.2, 0.25) is 0 Å². The summed E-state index contributed by atoms with van der Waals surface area (Å²) in [7, 11) is 3.93. The standard InChI is InChI=1S/C14H27N3O3/c1-6-14(11(18)19)7-8-17(10-14)12(20)15-9-13(2,3)16(4)5/h6-10H2,1-5H3,(H,15,20)(H,18,19). The first-order chi connectivity index (χ1) is 9.14. The number of urea groups is 1. The summed E-state index contributed by atoms with van der Waals surface area (Å²) in [6.45, 7) is 7.29. The fraction of sp³-hybridized carbons (Fsp3) is 0.857. The van der Waals surface area contributed by atoms with Crippen LogP contribution in [0.5, 0.6) is 0 Å². The first-order valence-corrected chi connectivity index (χ1v) is 7.08. The summed E-state index contributed by atoms with van der Waals surface area (Å²) in [6.07, 6.45) is 1.08. The van der Waals surface area contributed by atoms with Crippen molar-refractivity contribution in [2.75, 3.05) is 33.7 Å². The quantitative estimate of drug-likeness (QED) is 0.796. The van der Waals surface area contributed by atoms with E-state index in [4.69, 9.17) is 0 Å². The Kier molecular flexibility index (Phi) is 5.02. The number of carboxylic acids is 1. The average molecular weight is 285 g/mol. The summed E-state index contributed by atoms with van der Waals surface area (Å²) in [4.78, 5) is 27.2. The minimum absolute atomic E-state index is 0.135. The predicted molar refractivity (Wildman–Crippen MR) is 77.7 cm³/mol. The molecule has 0 aromatic heterocycles. The SMILES string of the molecule is CCC1(C(=O)O)CCN(C(=O)NCC(C)(C)N(C)C)C1. The molecular weight excluding hydrogens is 258 g/mol. The number of amides is 2. The molecule has 116 valence electrons. The monoisotopic (exact) mass is 285 g/mol. The summed E-state index contributed by atoms with van der Waals surface area (Å²) >= 11 is 0. The van der Waals surface area contributed by atoms with Crippen molar-refractivity contribution in [2.24, 2.45) is 5.41 Å². The fourth-order valence-electron chi connectivity index (χ4n) is 2.22. The number of aliphatic carboxylic acids is 1. The smallest absolute Gasteiger partial charge is 0.317 e. The number of carbonyl (C=O) groups excluding carboxylic acids is 1. The fourth-order valence-corrected chi connectivity index (χ4v) is 2.22. The van der Waals surface area contributed by atoms with Crippen molar-refractivity contribution in [2.45, 2.75) is 39.2 Å². The zero-order valence-electron chi connectivity index (χ0n) is 13.2. The summed E-state index contributed by atoms with van der Waals surface area (Å²) in [6, 6.07) is -0.170. The summed E-state index contributed by atoms with van der Waals surface area (Å²) in [5, 5.41) is 12.2. The molecule has 1 heterocycles. The van der Waals surface area contributed by atoms with Crippen LogP contribution >= 0.6 is 0 Å². The van der Waals surface area contributed by atoms with E-state index >= 15 is 0 Å². The second-order valence-corrected chi connectivity index (χ2v) is 6.48. The van der Waals surface area contributed by atoms with Gasteiger partial charge in [0.05, 0.1) is 5.41 Å². The predicted octanol–water partition coefficient (Wildman–Crippen LogP) is 1.22. The molecule has 0 spiro atoms. The molecule has 1 aliphatic rings. The molecule has 1 saturated heterocycles. The van der Waals surface area contributed by atoms with Crippen LogP contribution in [0, 0.1) is 5.41 Å². The lowest BCUT2D eigenvalue weighted by molar-refractivity contribution is -0.148. The molecule has 0 saturated carbocycles. The van der Waals surface area contributed by atoms with E-state index in [2.05, 4.69) is 5.32 Å². The molecule has 1 atom stereocenters. The molecule has 1 unspecified atom stereocenters. The zero-order chi connectivity index (χ0) is 15.6. The highest BCUT2D eigenvalue weighted by Crippen LogP contribution is 2.34. The van der Waals surface area contributed by atoms with Crippen LogP contribution in [0.1, 0.15) is 33.6 Å². The molecule has 6 nitrogen and oxygen atoms in total. The van der Waals surface area contributed by atoms with Gasteiger partial charge in [0.1, 0.15) is 0 Å². The summed E-state index contributed by atoms with van der Waals surface area (Å²) in [5.41, 5.74) is -0.904. The van der Waals surface area contributed by atoms with Crippen molar-refractivity contribution < 1.29 is 14.7 Å². The maximum Gasteiger partial charge on any atom is 0.317 e. The zero-order valence-corrected chi connectivity index (χ0v) is 13.2. The van der Waals surface area contributed by atoms with Gasteiger partial charge in [-0.2, -0.15) is 0 Å². The number of carbonyl (C=O) groups is 2. The molecule has 6 heteroatoms. The Morgan fingerprint density at radius 1 is 1.40 bits per heavy atom. The van der Waals surface area contributed by atoms with Gasteiger partial charge < -0.3 is 20.2 Å². The molecule has 1 rings (SSSR count). The second kappa shape index (κ2) is 5.99. The summed E-state index contributed by atoms with van der Waals surface area (Å²) < 4.78 is 0. The van der Waals surface area contributed by atoms with Gasteiger partial charge >= 0.3 is 12.0 Å². The van der Waals surface area contributed by atoms with Crippen LogP contribution in [0.15, 0.2) is 0 Å². The third kappa shape index (κ3) is 3.42. The van der Waals surface area contributed by atoms with E-state index in [1.54, 1.807) is 4.90 Å². The van der Waals surface area contributed by atoms with Crippen molar-refractivity contribution >= 4 is 12.0 Å². The van der Waals surface area contributed by atoms with Crippen LogP contribution in [0.4, 0.5) is 4.79 Å². The van der Waals surface area contributed by atoms with Crippen molar-refractivity contribution in [3.8, 4) is 0 Å².